The highest BCUT2D eigenvalue weighted by Gasteiger charge is 2.38. The van der Waals surface area contributed by atoms with Gasteiger partial charge in [-0.15, -0.1) is 0 Å². The van der Waals surface area contributed by atoms with Crippen LogP contribution in [0.5, 0.6) is 11.6 Å². The summed E-state index contributed by atoms with van der Waals surface area (Å²) in [6.07, 6.45) is 0. The van der Waals surface area contributed by atoms with Gasteiger partial charge in [0.25, 0.3) is 5.69 Å². The summed E-state index contributed by atoms with van der Waals surface area (Å²) in [5.74, 6) is -0.906. The third-order valence-corrected chi connectivity index (χ3v) is 4.77. The molecule has 0 saturated carbocycles. The molecule has 0 bridgehead atoms. The summed E-state index contributed by atoms with van der Waals surface area (Å²) in [5.41, 5.74) is 7.79. The summed E-state index contributed by atoms with van der Waals surface area (Å²) in [5, 5.41) is 35.9. The SMILES string of the molecule is Cc1nn(-c2ccccc2)c2c1[C@H](c1cc([N+](=O)[O-])ccc1O)C(C#N)=C(N)O2. The number of phenolic OH excluding ortho intramolecular Hbond substituents is 1. The number of hydrogen-bond donors (Lipinski definition) is 2. The summed E-state index contributed by atoms with van der Waals surface area (Å²) < 4.78 is 7.28. The zero-order valence-electron chi connectivity index (χ0n) is 15.2. The number of nitro benzene ring substituents is 1. The number of non-ortho nitro benzene ring substituents is 1. The van der Waals surface area contributed by atoms with E-state index >= 15 is 0 Å². The molecule has 3 N–H and O–H groups in total. The van der Waals surface area contributed by atoms with Gasteiger partial charge < -0.3 is 15.6 Å². The Bertz CT molecular complexity index is 1210. The number of hydrogen-bond acceptors (Lipinski definition) is 7. The molecule has 2 aromatic carbocycles. The van der Waals surface area contributed by atoms with Crippen molar-refractivity contribution in [1.29, 1.82) is 5.26 Å². The van der Waals surface area contributed by atoms with Crippen molar-refractivity contribution in [1.82, 2.24) is 9.78 Å². The Balaban J connectivity index is 2.00. The number of nitro groups is 1. The van der Waals surface area contributed by atoms with Crippen LogP contribution in [0.3, 0.4) is 0 Å². The lowest BCUT2D eigenvalue weighted by molar-refractivity contribution is -0.384. The first-order valence-electron chi connectivity index (χ1n) is 8.62. The minimum atomic E-state index is -0.860. The first-order chi connectivity index (χ1) is 13.9. The van der Waals surface area contributed by atoms with Gasteiger partial charge in [-0.1, -0.05) is 18.2 Å². The number of rotatable bonds is 3. The number of nitriles is 1. The van der Waals surface area contributed by atoms with Crippen molar-refractivity contribution in [3.63, 3.8) is 0 Å². The van der Waals surface area contributed by atoms with Gasteiger partial charge in [-0.2, -0.15) is 10.4 Å². The second-order valence-corrected chi connectivity index (χ2v) is 6.48. The molecule has 1 atom stereocenters. The molecule has 4 rings (SSSR count). The fraction of sp³-hybridized carbons (Fsp3) is 0.100. The van der Waals surface area contributed by atoms with E-state index < -0.39 is 10.8 Å². The third-order valence-electron chi connectivity index (χ3n) is 4.77. The number of nitrogens with two attached hydrogens (primary N) is 1. The van der Waals surface area contributed by atoms with Gasteiger partial charge in [0.1, 0.15) is 17.4 Å². The standard InChI is InChI=1S/C20H15N5O4/c1-11-17-18(14-9-13(25(27)28)7-8-16(14)26)15(10-21)19(22)29-20(17)24(23-11)12-5-3-2-4-6-12/h2-9,18,26H,22H2,1H3/t18-/m1/s1. The minimum absolute atomic E-state index is 0.0454. The fourth-order valence-electron chi connectivity index (χ4n) is 3.46. The normalized spacial score (nSPS) is 15.4. The highest BCUT2D eigenvalue weighted by atomic mass is 16.6. The van der Waals surface area contributed by atoms with Crippen LogP contribution in [0.1, 0.15) is 22.7 Å². The number of benzene rings is 2. The number of phenols is 1. The predicted molar refractivity (Wildman–Crippen MR) is 102 cm³/mol. The van der Waals surface area contributed by atoms with Crippen LogP contribution in [-0.4, -0.2) is 19.8 Å². The molecule has 29 heavy (non-hydrogen) atoms. The fourth-order valence-corrected chi connectivity index (χ4v) is 3.46. The summed E-state index contributed by atoms with van der Waals surface area (Å²) in [4.78, 5) is 10.7. The molecule has 0 radical (unpaired) electrons. The van der Waals surface area contributed by atoms with Crippen LogP contribution in [-0.2, 0) is 0 Å². The maximum absolute atomic E-state index is 11.2. The van der Waals surface area contributed by atoms with Crippen LogP contribution >= 0.6 is 0 Å². The molecule has 0 fully saturated rings. The van der Waals surface area contributed by atoms with E-state index in [1.165, 1.54) is 18.2 Å². The second-order valence-electron chi connectivity index (χ2n) is 6.48. The van der Waals surface area contributed by atoms with Crippen LogP contribution in [0.2, 0.25) is 0 Å². The lowest BCUT2D eigenvalue weighted by atomic mass is 9.83. The summed E-state index contributed by atoms with van der Waals surface area (Å²) >= 11 is 0. The average Bonchev–Trinajstić information content (AvgIpc) is 3.04. The Morgan fingerprint density at radius 3 is 2.69 bits per heavy atom. The number of aromatic hydroxyl groups is 1. The van der Waals surface area contributed by atoms with E-state index in [0.29, 0.717) is 22.8 Å². The molecular formula is C20H15N5O4. The van der Waals surface area contributed by atoms with E-state index in [1.807, 2.05) is 36.4 Å². The van der Waals surface area contributed by atoms with Gasteiger partial charge in [-0.05, 0) is 25.1 Å². The lowest BCUT2D eigenvalue weighted by Gasteiger charge is -2.25. The van der Waals surface area contributed by atoms with Gasteiger partial charge in [-0.3, -0.25) is 10.1 Å². The number of aryl methyl sites for hydroxylation is 1. The van der Waals surface area contributed by atoms with Crippen molar-refractivity contribution in [2.75, 3.05) is 0 Å². The minimum Gasteiger partial charge on any atom is -0.508 e. The topological polar surface area (TPSA) is 140 Å². The average molecular weight is 389 g/mol. The monoisotopic (exact) mass is 389 g/mol. The highest BCUT2D eigenvalue weighted by Crippen LogP contribution is 2.47. The van der Waals surface area contributed by atoms with E-state index in [-0.39, 0.29) is 28.5 Å². The Morgan fingerprint density at radius 1 is 1.31 bits per heavy atom. The number of aromatic nitrogens is 2. The van der Waals surface area contributed by atoms with Crippen LogP contribution in [0, 0.1) is 28.4 Å². The molecule has 1 aromatic heterocycles. The predicted octanol–water partition coefficient (Wildman–Crippen LogP) is 3.01. The first kappa shape index (κ1) is 18.1. The van der Waals surface area contributed by atoms with Crippen molar-refractivity contribution in [3.05, 3.63) is 86.9 Å². The quantitative estimate of drug-likeness (QED) is 0.518. The first-order valence-corrected chi connectivity index (χ1v) is 8.62. The van der Waals surface area contributed by atoms with Gasteiger partial charge in [0, 0.05) is 17.7 Å². The molecule has 2 heterocycles. The van der Waals surface area contributed by atoms with E-state index in [2.05, 4.69) is 5.10 Å². The summed E-state index contributed by atoms with van der Waals surface area (Å²) in [6.45, 7) is 1.74. The molecular weight excluding hydrogens is 374 g/mol. The maximum atomic E-state index is 11.2. The van der Waals surface area contributed by atoms with Gasteiger partial charge in [0.2, 0.25) is 11.8 Å². The van der Waals surface area contributed by atoms with Crippen molar-refractivity contribution >= 4 is 5.69 Å². The van der Waals surface area contributed by atoms with Crippen molar-refractivity contribution in [2.24, 2.45) is 5.73 Å². The molecule has 0 spiro atoms. The Kier molecular flexibility index (Phi) is 4.16. The molecule has 0 saturated heterocycles. The Labute approximate surface area is 165 Å². The molecule has 144 valence electrons. The highest BCUT2D eigenvalue weighted by molar-refractivity contribution is 5.61. The van der Waals surface area contributed by atoms with Crippen LogP contribution in [0.25, 0.3) is 5.69 Å². The van der Waals surface area contributed by atoms with Crippen molar-refractivity contribution < 1.29 is 14.8 Å². The van der Waals surface area contributed by atoms with E-state index in [1.54, 1.807) is 11.6 Å². The number of ether oxygens (including phenoxy) is 1. The molecule has 0 aliphatic carbocycles. The molecule has 1 aliphatic rings. The zero-order chi connectivity index (χ0) is 20.7. The number of nitrogens with zero attached hydrogens (tertiary/aromatic N) is 4. The lowest BCUT2D eigenvalue weighted by Crippen LogP contribution is -2.22. The van der Waals surface area contributed by atoms with Gasteiger partial charge >= 0.3 is 0 Å². The molecule has 1 aliphatic heterocycles. The molecule has 3 aromatic rings. The molecule has 0 amide bonds. The van der Waals surface area contributed by atoms with Gasteiger partial charge in [-0.25, -0.2) is 4.68 Å². The summed E-state index contributed by atoms with van der Waals surface area (Å²) in [6, 6.07) is 14.9. The Hall–Kier alpha value is -4.32. The molecule has 9 nitrogen and oxygen atoms in total. The second kappa shape index (κ2) is 6.69. The number of para-hydroxylation sites is 1. The zero-order valence-corrected chi connectivity index (χ0v) is 15.2. The van der Waals surface area contributed by atoms with Crippen LogP contribution in [0.15, 0.2) is 60.0 Å². The van der Waals surface area contributed by atoms with Crippen LogP contribution in [0.4, 0.5) is 5.69 Å². The van der Waals surface area contributed by atoms with Gasteiger partial charge in [0.15, 0.2) is 0 Å². The number of fused-ring (bicyclic) bond motifs is 1. The maximum Gasteiger partial charge on any atom is 0.270 e. The van der Waals surface area contributed by atoms with Crippen molar-refractivity contribution in [2.45, 2.75) is 12.8 Å². The molecule has 0 unspecified atom stereocenters. The molecule has 9 heteroatoms. The third kappa shape index (κ3) is 2.83. The Morgan fingerprint density at radius 2 is 2.03 bits per heavy atom. The largest absolute Gasteiger partial charge is 0.508 e. The van der Waals surface area contributed by atoms with Crippen molar-refractivity contribution in [3.8, 4) is 23.4 Å². The van der Waals surface area contributed by atoms with Gasteiger partial charge in [0.05, 0.1) is 27.8 Å². The van der Waals surface area contributed by atoms with E-state index in [0.717, 1.165) is 0 Å². The summed E-state index contributed by atoms with van der Waals surface area (Å²) in [7, 11) is 0. The van der Waals surface area contributed by atoms with E-state index in [9.17, 15) is 20.5 Å². The number of allylic oxidation sites excluding steroid dienone is 1. The van der Waals surface area contributed by atoms with Crippen LogP contribution < -0.4 is 10.5 Å². The van der Waals surface area contributed by atoms with E-state index in [4.69, 9.17) is 10.5 Å². The smallest absolute Gasteiger partial charge is 0.270 e.